The molecule has 0 aliphatic carbocycles. The van der Waals surface area contributed by atoms with Gasteiger partial charge in [-0.2, -0.15) is 0 Å². The van der Waals surface area contributed by atoms with Crippen molar-refractivity contribution in [3.05, 3.63) is 20.8 Å². The van der Waals surface area contributed by atoms with Gasteiger partial charge >= 0.3 is 0 Å². The first-order valence-electron chi connectivity index (χ1n) is 6.78. The van der Waals surface area contributed by atoms with Gasteiger partial charge in [0, 0.05) is 24.1 Å². The van der Waals surface area contributed by atoms with Crippen LogP contribution in [0, 0.1) is 12.8 Å². The fourth-order valence-corrected chi connectivity index (χ4v) is 3.96. The molecule has 0 radical (unpaired) electrons. The quantitative estimate of drug-likeness (QED) is 0.877. The lowest BCUT2D eigenvalue weighted by atomic mass is 9.90. The Bertz CT molecular complexity index is 374. The lowest BCUT2D eigenvalue weighted by Crippen LogP contribution is -2.32. The molecule has 2 heterocycles. The number of rotatable bonds is 5. The minimum atomic E-state index is 0.403. The van der Waals surface area contributed by atoms with E-state index in [0.29, 0.717) is 12.0 Å². The summed E-state index contributed by atoms with van der Waals surface area (Å²) < 4.78 is 5.47. The highest BCUT2D eigenvalue weighted by atomic mass is 35.5. The summed E-state index contributed by atoms with van der Waals surface area (Å²) >= 11 is 8.23. The van der Waals surface area contributed by atoms with Crippen molar-refractivity contribution in [2.75, 3.05) is 19.8 Å². The number of aryl methyl sites for hydroxylation is 1. The van der Waals surface area contributed by atoms with Gasteiger partial charge in [-0.3, -0.25) is 0 Å². The van der Waals surface area contributed by atoms with Crippen molar-refractivity contribution in [3.8, 4) is 0 Å². The zero-order chi connectivity index (χ0) is 13.0. The summed E-state index contributed by atoms with van der Waals surface area (Å²) in [7, 11) is 0. The third-order valence-corrected chi connectivity index (χ3v) is 5.36. The van der Waals surface area contributed by atoms with Crippen molar-refractivity contribution in [1.82, 2.24) is 5.32 Å². The summed E-state index contributed by atoms with van der Waals surface area (Å²) in [6.07, 6.45) is 3.42. The molecule has 1 aromatic heterocycles. The van der Waals surface area contributed by atoms with E-state index in [1.54, 1.807) is 11.3 Å². The van der Waals surface area contributed by atoms with Crippen molar-refractivity contribution in [2.24, 2.45) is 5.92 Å². The Labute approximate surface area is 119 Å². The van der Waals surface area contributed by atoms with Crippen LogP contribution in [0.2, 0.25) is 5.02 Å². The average Bonchev–Trinajstić information content (AvgIpc) is 2.73. The van der Waals surface area contributed by atoms with E-state index in [2.05, 4.69) is 24.5 Å². The van der Waals surface area contributed by atoms with Gasteiger partial charge in [0.15, 0.2) is 0 Å². The highest BCUT2D eigenvalue weighted by molar-refractivity contribution is 7.10. The smallest absolute Gasteiger partial charge is 0.0590 e. The Morgan fingerprint density at radius 3 is 2.78 bits per heavy atom. The molecule has 1 unspecified atom stereocenters. The van der Waals surface area contributed by atoms with E-state index >= 15 is 0 Å². The van der Waals surface area contributed by atoms with Crippen molar-refractivity contribution in [1.29, 1.82) is 0 Å². The van der Waals surface area contributed by atoms with E-state index in [-0.39, 0.29) is 0 Å². The lowest BCUT2D eigenvalue weighted by Gasteiger charge is -2.30. The normalized spacial score (nSPS) is 19.1. The third kappa shape index (κ3) is 3.27. The predicted molar refractivity (Wildman–Crippen MR) is 78.6 cm³/mol. The second kappa shape index (κ2) is 6.90. The zero-order valence-corrected chi connectivity index (χ0v) is 12.7. The van der Waals surface area contributed by atoms with Crippen LogP contribution in [0.25, 0.3) is 0 Å². The molecule has 0 aromatic carbocycles. The SMILES string of the molecule is CCCNC(c1scc(C)c1Cl)C1CCOCC1. The average molecular weight is 288 g/mol. The van der Waals surface area contributed by atoms with Crippen molar-refractivity contribution >= 4 is 22.9 Å². The molecule has 1 atom stereocenters. The van der Waals surface area contributed by atoms with Crippen LogP contribution in [0.5, 0.6) is 0 Å². The van der Waals surface area contributed by atoms with E-state index in [9.17, 15) is 0 Å². The van der Waals surface area contributed by atoms with Gasteiger partial charge in [0.1, 0.15) is 0 Å². The topological polar surface area (TPSA) is 21.3 Å². The molecule has 1 aliphatic rings. The first-order valence-corrected chi connectivity index (χ1v) is 8.04. The number of ether oxygens (including phenoxy) is 1. The maximum atomic E-state index is 6.44. The maximum Gasteiger partial charge on any atom is 0.0590 e. The van der Waals surface area contributed by atoms with Crippen LogP contribution in [-0.2, 0) is 4.74 Å². The largest absolute Gasteiger partial charge is 0.381 e. The number of hydrogen-bond donors (Lipinski definition) is 1. The minimum absolute atomic E-state index is 0.403. The zero-order valence-electron chi connectivity index (χ0n) is 11.2. The summed E-state index contributed by atoms with van der Waals surface area (Å²) in [5.74, 6) is 0.654. The lowest BCUT2D eigenvalue weighted by molar-refractivity contribution is 0.0541. The number of hydrogen-bond acceptors (Lipinski definition) is 3. The Kier molecular flexibility index (Phi) is 5.49. The molecule has 4 heteroatoms. The Hall–Kier alpha value is -0.0900. The number of thiophene rings is 1. The maximum absolute atomic E-state index is 6.44. The molecule has 102 valence electrons. The van der Waals surface area contributed by atoms with Crippen LogP contribution >= 0.6 is 22.9 Å². The first kappa shape index (κ1) is 14.3. The molecule has 0 saturated carbocycles. The fourth-order valence-electron chi connectivity index (χ4n) is 2.48. The molecule has 18 heavy (non-hydrogen) atoms. The molecule has 1 saturated heterocycles. The molecule has 1 aromatic rings. The number of nitrogens with one attached hydrogen (secondary N) is 1. The van der Waals surface area contributed by atoms with Crippen LogP contribution in [0.1, 0.15) is 42.7 Å². The van der Waals surface area contributed by atoms with Gasteiger partial charge in [-0.15, -0.1) is 11.3 Å². The Morgan fingerprint density at radius 1 is 1.50 bits per heavy atom. The third-order valence-electron chi connectivity index (χ3n) is 3.56. The van der Waals surface area contributed by atoms with Crippen molar-refractivity contribution in [3.63, 3.8) is 0 Å². The van der Waals surface area contributed by atoms with Crippen LogP contribution in [-0.4, -0.2) is 19.8 Å². The van der Waals surface area contributed by atoms with Crippen molar-refractivity contribution < 1.29 is 4.74 Å². The van der Waals surface area contributed by atoms with Crippen molar-refractivity contribution in [2.45, 2.75) is 39.2 Å². The van der Waals surface area contributed by atoms with Gasteiger partial charge in [0.25, 0.3) is 0 Å². The van der Waals surface area contributed by atoms with Gasteiger partial charge in [-0.1, -0.05) is 18.5 Å². The minimum Gasteiger partial charge on any atom is -0.381 e. The van der Waals surface area contributed by atoms with E-state index in [4.69, 9.17) is 16.3 Å². The van der Waals surface area contributed by atoms with Crippen LogP contribution < -0.4 is 5.32 Å². The highest BCUT2D eigenvalue weighted by Crippen LogP contribution is 2.39. The van der Waals surface area contributed by atoms with Crippen LogP contribution in [0.3, 0.4) is 0 Å². The standard InChI is InChI=1S/C14H22ClNOS/c1-3-6-16-13(11-4-7-17-8-5-11)14-12(15)10(2)9-18-14/h9,11,13,16H,3-8H2,1-2H3. The molecule has 1 N–H and O–H groups in total. The molecule has 2 rings (SSSR count). The van der Waals surface area contributed by atoms with E-state index < -0.39 is 0 Å². The Balaban J connectivity index is 2.15. The molecule has 0 amide bonds. The van der Waals surface area contributed by atoms with Gasteiger partial charge < -0.3 is 10.1 Å². The summed E-state index contributed by atoms with van der Waals surface area (Å²) in [6.45, 7) is 7.11. The molecule has 1 aliphatic heterocycles. The predicted octanol–water partition coefficient (Wildman–Crippen LogP) is 4.18. The summed E-state index contributed by atoms with van der Waals surface area (Å²) in [4.78, 5) is 1.31. The fraction of sp³-hybridized carbons (Fsp3) is 0.714. The van der Waals surface area contributed by atoms with E-state index in [0.717, 1.165) is 44.0 Å². The number of halogens is 1. The Morgan fingerprint density at radius 2 is 2.22 bits per heavy atom. The van der Waals surface area contributed by atoms with Gasteiger partial charge in [0.05, 0.1) is 5.02 Å². The summed E-state index contributed by atoms with van der Waals surface area (Å²) in [5, 5.41) is 6.80. The van der Waals surface area contributed by atoms with E-state index in [1.807, 2.05) is 0 Å². The van der Waals surface area contributed by atoms with Gasteiger partial charge in [0.2, 0.25) is 0 Å². The molecule has 1 fully saturated rings. The second-order valence-electron chi connectivity index (χ2n) is 4.98. The highest BCUT2D eigenvalue weighted by Gasteiger charge is 2.27. The van der Waals surface area contributed by atoms with Gasteiger partial charge in [-0.25, -0.2) is 0 Å². The first-order chi connectivity index (χ1) is 8.74. The van der Waals surface area contributed by atoms with Gasteiger partial charge in [-0.05, 0) is 49.6 Å². The summed E-state index contributed by atoms with van der Waals surface area (Å²) in [6, 6.07) is 0.403. The molecule has 2 nitrogen and oxygen atoms in total. The van der Waals surface area contributed by atoms with Crippen LogP contribution in [0.4, 0.5) is 0 Å². The molecule has 0 spiro atoms. The van der Waals surface area contributed by atoms with Crippen LogP contribution in [0.15, 0.2) is 5.38 Å². The molecular formula is C14H22ClNOS. The second-order valence-corrected chi connectivity index (χ2v) is 6.27. The molecular weight excluding hydrogens is 266 g/mol. The monoisotopic (exact) mass is 287 g/mol. The summed E-state index contributed by atoms with van der Waals surface area (Å²) in [5.41, 5.74) is 1.20. The van der Waals surface area contributed by atoms with E-state index in [1.165, 1.54) is 10.4 Å². The molecule has 0 bridgehead atoms.